The van der Waals surface area contributed by atoms with Crippen LogP contribution in [0.2, 0.25) is 0 Å². The number of pyridine rings is 1. The minimum absolute atomic E-state index is 0.00961. The summed E-state index contributed by atoms with van der Waals surface area (Å²) in [4.78, 5) is 19.1. The van der Waals surface area contributed by atoms with Crippen molar-refractivity contribution in [3.05, 3.63) is 83.7 Å². The average molecular weight is 359 g/mol. The number of anilines is 2. The number of carbonyl (C=O) groups is 1. The summed E-state index contributed by atoms with van der Waals surface area (Å²) in [5.74, 6) is 0.809. The predicted molar refractivity (Wildman–Crippen MR) is 105 cm³/mol. The molecule has 0 radical (unpaired) electrons. The highest BCUT2D eigenvalue weighted by atomic mass is 16.5. The Morgan fingerprint density at radius 2 is 1.81 bits per heavy atom. The zero-order valence-corrected chi connectivity index (χ0v) is 15.2. The third-order valence-corrected chi connectivity index (χ3v) is 4.78. The van der Waals surface area contributed by atoms with Crippen LogP contribution in [0, 0.1) is 0 Å². The summed E-state index contributed by atoms with van der Waals surface area (Å²) < 4.78 is 5.17. The standard InChI is InChI=1S/C22H21N3O2/c1-27-21-8-6-19(7-9-21)24-20-12-18(13-23-14-20)22(26)25-11-10-16-4-2-3-5-17(16)15-25/h2-9,12-14,24H,10-11,15H2,1H3. The quantitative estimate of drug-likeness (QED) is 0.764. The van der Waals surface area contributed by atoms with E-state index in [1.807, 2.05) is 41.3 Å². The Hall–Kier alpha value is -3.34. The van der Waals surface area contributed by atoms with Crippen LogP contribution in [0.25, 0.3) is 0 Å². The van der Waals surface area contributed by atoms with Gasteiger partial charge in [-0.2, -0.15) is 0 Å². The number of nitrogens with zero attached hydrogens (tertiary/aromatic N) is 2. The van der Waals surface area contributed by atoms with E-state index < -0.39 is 0 Å². The third-order valence-electron chi connectivity index (χ3n) is 4.78. The van der Waals surface area contributed by atoms with Crippen LogP contribution in [0.15, 0.2) is 67.0 Å². The van der Waals surface area contributed by atoms with Gasteiger partial charge in [-0.3, -0.25) is 9.78 Å². The van der Waals surface area contributed by atoms with Gasteiger partial charge >= 0.3 is 0 Å². The molecule has 2 aromatic carbocycles. The number of carbonyl (C=O) groups excluding carboxylic acids is 1. The van der Waals surface area contributed by atoms with Crippen molar-refractivity contribution in [2.75, 3.05) is 19.0 Å². The van der Waals surface area contributed by atoms with E-state index in [2.05, 4.69) is 28.5 Å². The van der Waals surface area contributed by atoms with Gasteiger partial charge in [-0.05, 0) is 47.9 Å². The van der Waals surface area contributed by atoms with Gasteiger partial charge in [-0.15, -0.1) is 0 Å². The topological polar surface area (TPSA) is 54.5 Å². The summed E-state index contributed by atoms with van der Waals surface area (Å²) in [7, 11) is 1.64. The second-order valence-electron chi connectivity index (χ2n) is 6.56. The highest BCUT2D eigenvalue weighted by Gasteiger charge is 2.21. The summed E-state index contributed by atoms with van der Waals surface area (Å²) in [6.45, 7) is 1.37. The number of fused-ring (bicyclic) bond motifs is 1. The second-order valence-corrected chi connectivity index (χ2v) is 6.56. The van der Waals surface area contributed by atoms with Crippen LogP contribution in [0.1, 0.15) is 21.5 Å². The van der Waals surface area contributed by atoms with E-state index >= 15 is 0 Å². The van der Waals surface area contributed by atoms with E-state index in [9.17, 15) is 4.79 Å². The molecular weight excluding hydrogens is 338 g/mol. The van der Waals surface area contributed by atoms with E-state index in [4.69, 9.17) is 4.74 Å². The molecule has 1 N–H and O–H groups in total. The fraction of sp³-hybridized carbons (Fsp3) is 0.182. The minimum Gasteiger partial charge on any atom is -0.497 e. The molecule has 4 rings (SSSR count). The first-order chi connectivity index (χ1) is 13.2. The van der Waals surface area contributed by atoms with Crippen molar-refractivity contribution >= 4 is 17.3 Å². The molecule has 0 bridgehead atoms. The number of aromatic nitrogens is 1. The fourth-order valence-electron chi connectivity index (χ4n) is 3.32. The van der Waals surface area contributed by atoms with Crippen molar-refractivity contribution in [1.29, 1.82) is 0 Å². The van der Waals surface area contributed by atoms with Gasteiger partial charge in [0.05, 0.1) is 24.6 Å². The number of amides is 1. The van der Waals surface area contributed by atoms with Crippen molar-refractivity contribution in [2.24, 2.45) is 0 Å². The number of hydrogen-bond acceptors (Lipinski definition) is 4. The molecule has 0 fully saturated rings. The van der Waals surface area contributed by atoms with Crippen LogP contribution in [0.5, 0.6) is 5.75 Å². The number of hydrogen-bond donors (Lipinski definition) is 1. The molecule has 0 aliphatic carbocycles. The smallest absolute Gasteiger partial charge is 0.255 e. The molecule has 0 unspecified atom stereocenters. The Balaban J connectivity index is 1.49. The number of ether oxygens (including phenoxy) is 1. The van der Waals surface area contributed by atoms with Crippen LogP contribution in [-0.2, 0) is 13.0 Å². The maximum Gasteiger partial charge on any atom is 0.255 e. The average Bonchev–Trinajstić information content (AvgIpc) is 2.73. The van der Waals surface area contributed by atoms with Crippen LogP contribution < -0.4 is 10.1 Å². The summed E-state index contributed by atoms with van der Waals surface area (Å²) in [6.07, 6.45) is 4.23. The van der Waals surface area contributed by atoms with Gasteiger partial charge in [0.1, 0.15) is 5.75 Å². The minimum atomic E-state index is 0.00961. The van der Waals surface area contributed by atoms with Gasteiger partial charge in [-0.1, -0.05) is 24.3 Å². The van der Waals surface area contributed by atoms with Crippen LogP contribution >= 0.6 is 0 Å². The lowest BCUT2D eigenvalue weighted by atomic mass is 9.99. The van der Waals surface area contributed by atoms with Crippen LogP contribution in [0.3, 0.4) is 0 Å². The van der Waals surface area contributed by atoms with E-state index in [0.717, 1.165) is 30.1 Å². The molecule has 0 atom stereocenters. The lowest BCUT2D eigenvalue weighted by Gasteiger charge is -2.29. The highest BCUT2D eigenvalue weighted by Crippen LogP contribution is 2.23. The van der Waals surface area contributed by atoms with Gasteiger partial charge in [0, 0.05) is 25.0 Å². The normalized spacial score (nSPS) is 13.0. The lowest BCUT2D eigenvalue weighted by molar-refractivity contribution is 0.0734. The largest absolute Gasteiger partial charge is 0.497 e. The SMILES string of the molecule is COc1ccc(Nc2cncc(C(=O)N3CCc4ccccc4C3)c2)cc1. The van der Waals surface area contributed by atoms with Gasteiger partial charge in [0.15, 0.2) is 0 Å². The molecule has 1 aliphatic heterocycles. The Kier molecular flexibility index (Phi) is 4.75. The Morgan fingerprint density at radius 1 is 1.04 bits per heavy atom. The van der Waals surface area contributed by atoms with Crippen LogP contribution in [-0.4, -0.2) is 29.4 Å². The van der Waals surface area contributed by atoms with Gasteiger partial charge < -0.3 is 15.0 Å². The van der Waals surface area contributed by atoms with Crippen molar-refractivity contribution in [3.8, 4) is 5.75 Å². The Morgan fingerprint density at radius 3 is 2.59 bits per heavy atom. The predicted octanol–water partition coefficient (Wildman–Crippen LogP) is 4.03. The van der Waals surface area contributed by atoms with Crippen molar-refractivity contribution in [1.82, 2.24) is 9.88 Å². The van der Waals surface area contributed by atoms with Crippen molar-refractivity contribution in [3.63, 3.8) is 0 Å². The van der Waals surface area contributed by atoms with E-state index in [0.29, 0.717) is 12.1 Å². The first-order valence-electron chi connectivity index (χ1n) is 8.95. The molecule has 1 aliphatic rings. The van der Waals surface area contributed by atoms with Gasteiger partial charge in [0.2, 0.25) is 0 Å². The van der Waals surface area contributed by atoms with Gasteiger partial charge in [-0.25, -0.2) is 0 Å². The molecule has 0 saturated carbocycles. The first-order valence-corrected chi connectivity index (χ1v) is 8.95. The maximum absolute atomic E-state index is 12.9. The van der Waals surface area contributed by atoms with E-state index in [1.165, 1.54) is 11.1 Å². The molecule has 0 saturated heterocycles. The Labute approximate surface area is 158 Å². The summed E-state index contributed by atoms with van der Waals surface area (Å²) >= 11 is 0. The number of benzene rings is 2. The van der Waals surface area contributed by atoms with E-state index in [1.54, 1.807) is 19.5 Å². The summed E-state index contributed by atoms with van der Waals surface area (Å²) in [6, 6.07) is 17.8. The molecule has 27 heavy (non-hydrogen) atoms. The molecule has 0 spiro atoms. The number of rotatable bonds is 4. The highest BCUT2D eigenvalue weighted by molar-refractivity contribution is 5.95. The number of methoxy groups -OCH3 is 1. The zero-order valence-electron chi connectivity index (χ0n) is 15.2. The molecule has 136 valence electrons. The summed E-state index contributed by atoms with van der Waals surface area (Å²) in [5.41, 5.74) is 4.83. The first kappa shape index (κ1) is 17.1. The van der Waals surface area contributed by atoms with Crippen molar-refractivity contribution in [2.45, 2.75) is 13.0 Å². The number of nitrogens with one attached hydrogen (secondary N) is 1. The Bertz CT molecular complexity index is 954. The van der Waals surface area contributed by atoms with E-state index in [-0.39, 0.29) is 5.91 Å². The summed E-state index contributed by atoms with van der Waals surface area (Å²) in [5, 5.41) is 3.28. The van der Waals surface area contributed by atoms with Crippen molar-refractivity contribution < 1.29 is 9.53 Å². The molecule has 1 aromatic heterocycles. The second kappa shape index (κ2) is 7.50. The monoisotopic (exact) mass is 359 g/mol. The molecule has 5 heteroatoms. The molecule has 5 nitrogen and oxygen atoms in total. The molecule has 3 aromatic rings. The maximum atomic E-state index is 12.9. The molecular formula is C22H21N3O2. The van der Waals surface area contributed by atoms with Crippen LogP contribution in [0.4, 0.5) is 11.4 Å². The molecule has 2 heterocycles. The van der Waals surface area contributed by atoms with Gasteiger partial charge in [0.25, 0.3) is 5.91 Å². The lowest BCUT2D eigenvalue weighted by Crippen LogP contribution is -2.36. The fourth-order valence-corrected chi connectivity index (χ4v) is 3.32. The molecule has 1 amide bonds. The third kappa shape index (κ3) is 3.77. The zero-order chi connectivity index (χ0) is 18.6.